The lowest BCUT2D eigenvalue weighted by Gasteiger charge is -2.77. The van der Waals surface area contributed by atoms with Crippen LogP contribution >= 0.6 is 0 Å². The van der Waals surface area contributed by atoms with Crippen molar-refractivity contribution in [2.75, 3.05) is 0 Å². The van der Waals surface area contributed by atoms with Gasteiger partial charge >= 0.3 is 0 Å². The number of rotatable bonds is 3. The van der Waals surface area contributed by atoms with Crippen LogP contribution in [0.5, 0.6) is 0 Å². The van der Waals surface area contributed by atoms with Crippen LogP contribution in [0.1, 0.15) is 110 Å². The Morgan fingerprint density at radius 1 is 0.594 bits per heavy atom. The van der Waals surface area contributed by atoms with Gasteiger partial charge in [0, 0.05) is 0 Å². The van der Waals surface area contributed by atoms with Gasteiger partial charge in [0.25, 0.3) is 0 Å². The summed E-state index contributed by atoms with van der Waals surface area (Å²) in [5, 5.41) is -0.189. The minimum absolute atomic E-state index is 0.189. The van der Waals surface area contributed by atoms with E-state index in [9.17, 15) is 0 Å². The fourth-order valence-corrected chi connectivity index (χ4v) is 13.7. The van der Waals surface area contributed by atoms with Crippen molar-refractivity contribution in [2.45, 2.75) is 110 Å². The third-order valence-electron chi connectivity index (χ3n) is 12.2. The van der Waals surface area contributed by atoms with E-state index >= 15 is 0 Å². The molecule has 0 amide bonds. The second-order valence-corrected chi connectivity index (χ2v) is 16.0. The first kappa shape index (κ1) is 20.6. The fraction of sp³-hybridized carbons (Fsp3) is 0.806. The van der Waals surface area contributed by atoms with E-state index in [4.69, 9.17) is 7.85 Å². The van der Waals surface area contributed by atoms with E-state index in [1.807, 2.05) is 0 Å². The van der Waals surface area contributed by atoms with Crippen LogP contribution in [0.25, 0.3) is 0 Å². The molecule has 4 atom stereocenters. The average Bonchev–Trinajstić information content (AvgIpc) is 2.62. The number of hydrogen-bond donors (Lipinski definition) is 0. The van der Waals surface area contributed by atoms with Crippen molar-refractivity contribution in [1.29, 1.82) is 0 Å². The Morgan fingerprint density at radius 2 is 0.969 bits per heavy atom. The SMILES string of the molecule is [B]C(c1ccccc1)(C12CC3CC(C)(CC(C)(C3)C1)C2)C12CC3CC(C)(CC(C)(C3)C1)C2. The summed E-state index contributed by atoms with van der Waals surface area (Å²) >= 11 is 0. The molecular weight excluding hydrogens is 383 g/mol. The van der Waals surface area contributed by atoms with Crippen LogP contribution < -0.4 is 0 Å². The van der Waals surface area contributed by atoms with Gasteiger partial charge in [-0.15, -0.1) is 0 Å². The van der Waals surface area contributed by atoms with Crippen molar-refractivity contribution < 1.29 is 0 Å². The van der Waals surface area contributed by atoms with Gasteiger partial charge < -0.3 is 0 Å². The Balaban J connectivity index is 1.46. The maximum atomic E-state index is 8.25. The Hall–Kier alpha value is -0.715. The molecule has 0 heterocycles. The molecule has 0 aliphatic heterocycles. The molecule has 1 aromatic rings. The van der Waals surface area contributed by atoms with Gasteiger partial charge in [0.1, 0.15) is 0 Å². The van der Waals surface area contributed by atoms with Crippen LogP contribution in [0.4, 0.5) is 0 Å². The molecule has 0 saturated heterocycles. The van der Waals surface area contributed by atoms with Crippen molar-refractivity contribution in [1.82, 2.24) is 0 Å². The molecule has 8 aliphatic carbocycles. The quantitative estimate of drug-likeness (QED) is 0.429. The molecule has 32 heavy (non-hydrogen) atoms. The minimum Gasteiger partial charge on any atom is -0.0622 e. The molecule has 0 N–H and O–H groups in total. The first-order valence-corrected chi connectivity index (χ1v) is 13.8. The van der Waals surface area contributed by atoms with Crippen LogP contribution in [0.2, 0.25) is 0 Å². The van der Waals surface area contributed by atoms with E-state index < -0.39 is 0 Å². The van der Waals surface area contributed by atoms with E-state index in [0.29, 0.717) is 21.7 Å². The summed E-state index contributed by atoms with van der Waals surface area (Å²) in [7, 11) is 8.25. The van der Waals surface area contributed by atoms with Gasteiger partial charge in [0.2, 0.25) is 0 Å². The van der Waals surface area contributed by atoms with Crippen molar-refractivity contribution >= 4 is 7.85 Å². The summed E-state index contributed by atoms with van der Waals surface area (Å²) in [5.41, 5.74) is 4.05. The second kappa shape index (κ2) is 5.74. The van der Waals surface area contributed by atoms with Crippen LogP contribution in [0.15, 0.2) is 30.3 Å². The Labute approximate surface area is 198 Å². The molecule has 2 radical (unpaired) electrons. The van der Waals surface area contributed by atoms with E-state index in [-0.39, 0.29) is 16.1 Å². The first-order valence-electron chi connectivity index (χ1n) is 13.8. The topological polar surface area (TPSA) is 0 Å². The molecular formula is C31H43B. The maximum absolute atomic E-state index is 8.25. The number of hydrogen-bond acceptors (Lipinski definition) is 0. The van der Waals surface area contributed by atoms with Gasteiger partial charge in [-0.2, -0.15) is 0 Å². The van der Waals surface area contributed by atoms with Crippen molar-refractivity contribution in [3.63, 3.8) is 0 Å². The van der Waals surface area contributed by atoms with E-state index in [0.717, 1.165) is 11.8 Å². The highest BCUT2D eigenvalue weighted by Crippen LogP contribution is 2.81. The maximum Gasteiger partial charge on any atom is 0.0825 e. The zero-order valence-corrected chi connectivity index (χ0v) is 21.1. The largest absolute Gasteiger partial charge is 0.0825 e. The lowest BCUT2D eigenvalue weighted by molar-refractivity contribution is -0.226. The smallest absolute Gasteiger partial charge is 0.0622 e. The van der Waals surface area contributed by atoms with Gasteiger partial charge in [0.15, 0.2) is 0 Å². The first-order chi connectivity index (χ1) is 14.9. The average molecular weight is 426 g/mol. The van der Waals surface area contributed by atoms with E-state index in [1.54, 1.807) is 0 Å². The summed E-state index contributed by atoms with van der Waals surface area (Å²) in [6.45, 7) is 10.5. The van der Waals surface area contributed by atoms with Crippen molar-refractivity contribution in [3.05, 3.63) is 35.9 Å². The molecule has 4 unspecified atom stereocenters. The molecule has 170 valence electrons. The van der Waals surface area contributed by atoms with Crippen molar-refractivity contribution in [3.8, 4) is 0 Å². The predicted molar refractivity (Wildman–Crippen MR) is 134 cm³/mol. The van der Waals surface area contributed by atoms with E-state index in [2.05, 4.69) is 58.0 Å². The van der Waals surface area contributed by atoms with Gasteiger partial charge in [0.05, 0.1) is 7.85 Å². The Morgan fingerprint density at radius 3 is 1.31 bits per heavy atom. The van der Waals surface area contributed by atoms with Crippen LogP contribution in [0.3, 0.4) is 0 Å². The summed E-state index contributed by atoms with van der Waals surface area (Å²) in [6.07, 6.45) is 17.0. The summed E-state index contributed by atoms with van der Waals surface area (Å²) < 4.78 is 0. The molecule has 8 aliphatic rings. The third kappa shape index (κ3) is 2.48. The number of benzene rings is 1. The Bertz CT molecular complexity index is 868. The molecule has 8 bridgehead atoms. The molecule has 8 fully saturated rings. The van der Waals surface area contributed by atoms with Gasteiger partial charge in [-0.3, -0.25) is 0 Å². The monoisotopic (exact) mass is 426 g/mol. The summed E-state index contributed by atoms with van der Waals surface area (Å²) in [6, 6.07) is 11.6. The highest BCUT2D eigenvalue weighted by Gasteiger charge is 2.73. The molecule has 1 heteroatoms. The van der Waals surface area contributed by atoms with Crippen LogP contribution in [-0.2, 0) is 5.31 Å². The van der Waals surface area contributed by atoms with Crippen LogP contribution in [0, 0.1) is 44.3 Å². The molecule has 1 aromatic carbocycles. The van der Waals surface area contributed by atoms with E-state index in [1.165, 1.54) is 82.6 Å². The highest BCUT2D eigenvalue weighted by atomic mass is 14.8. The standard InChI is InChI=1S/C31H43B/c1-25-10-22-11-26(2,16-25)19-29(14-22,18-25)31(32,24-8-6-5-7-9-24)30-15-23-12-27(3,20-30)17-28(4,13-23)21-30/h5-9,22-23H,10-21H2,1-4H3. The van der Waals surface area contributed by atoms with Gasteiger partial charge in [-0.25, -0.2) is 0 Å². The molecule has 0 aromatic heterocycles. The molecule has 9 rings (SSSR count). The third-order valence-corrected chi connectivity index (χ3v) is 12.2. The Kier molecular flexibility index (Phi) is 3.70. The normalized spacial score (nSPS) is 57.0. The van der Waals surface area contributed by atoms with Gasteiger partial charge in [-0.1, -0.05) is 58.0 Å². The van der Waals surface area contributed by atoms with Gasteiger partial charge in [-0.05, 0) is 132 Å². The predicted octanol–water partition coefficient (Wildman–Crippen LogP) is 8.04. The van der Waals surface area contributed by atoms with Crippen molar-refractivity contribution in [2.24, 2.45) is 44.3 Å². The lowest BCUT2D eigenvalue weighted by atomic mass is 9.23. The lowest BCUT2D eigenvalue weighted by Crippen LogP contribution is -2.71. The highest BCUT2D eigenvalue weighted by molar-refractivity contribution is 6.17. The fourth-order valence-electron chi connectivity index (χ4n) is 13.7. The molecule has 0 spiro atoms. The zero-order valence-electron chi connectivity index (χ0n) is 21.1. The minimum atomic E-state index is -0.189. The second-order valence-electron chi connectivity index (χ2n) is 16.0. The summed E-state index contributed by atoms with van der Waals surface area (Å²) in [4.78, 5) is 0. The molecule has 0 nitrogen and oxygen atoms in total. The molecule has 8 saturated carbocycles. The van der Waals surface area contributed by atoms with Crippen LogP contribution in [-0.4, -0.2) is 7.85 Å². The summed E-state index contributed by atoms with van der Waals surface area (Å²) in [5.74, 6) is 1.79. The zero-order chi connectivity index (χ0) is 22.3.